The van der Waals surface area contributed by atoms with E-state index < -0.39 is 24.1 Å². The van der Waals surface area contributed by atoms with Crippen molar-refractivity contribution in [2.75, 3.05) is 20.3 Å². The molecule has 0 spiro atoms. The Balaban J connectivity index is 1.96. The molecule has 0 aromatic rings. The Morgan fingerprint density at radius 1 is 1.41 bits per heavy atom. The molecule has 7 nitrogen and oxygen atoms in total. The third-order valence-corrected chi connectivity index (χ3v) is 4.02. The van der Waals surface area contributed by atoms with E-state index in [1.54, 1.807) is 13.8 Å². The Hall–Kier alpha value is -0.730. The van der Waals surface area contributed by atoms with Crippen molar-refractivity contribution in [3.05, 3.63) is 0 Å². The number of ether oxygens (including phenoxy) is 5. The van der Waals surface area contributed by atoms with Gasteiger partial charge in [0.1, 0.15) is 24.4 Å². The SMILES string of the molecule is CCC(CC(=O)OC)OC1COC2COC(C)(C)OC2C1O. The summed E-state index contributed by atoms with van der Waals surface area (Å²) in [6.07, 6.45) is -1.69. The molecule has 7 heteroatoms. The Bertz CT molecular complexity index is 384. The summed E-state index contributed by atoms with van der Waals surface area (Å²) in [5.41, 5.74) is 0. The Morgan fingerprint density at radius 3 is 2.77 bits per heavy atom. The number of methoxy groups -OCH3 is 1. The quantitative estimate of drug-likeness (QED) is 0.744. The summed E-state index contributed by atoms with van der Waals surface area (Å²) in [6.45, 7) is 6.13. The lowest BCUT2D eigenvalue weighted by Gasteiger charge is -2.47. The first-order valence-electron chi connectivity index (χ1n) is 7.70. The Labute approximate surface area is 130 Å². The second-order valence-electron chi connectivity index (χ2n) is 6.14. The largest absolute Gasteiger partial charge is 0.469 e. The zero-order chi connectivity index (χ0) is 16.3. The predicted molar refractivity (Wildman–Crippen MR) is 76.2 cm³/mol. The van der Waals surface area contributed by atoms with Gasteiger partial charge in [-0.15, -0.1) is 0 Å². The molecule has 0 bridgehead atoms. The molecule has 22 heavy (non-hydrogen) atoms. The molecule has 5 atom stereocenters. The van der Waals surface area contributed by atoms with Gasteiger partial charge in [0.05, 0.1) is 32.8 Å². The van der Waals surface area contributed by atoms with Crippen molar-refractivity contribution in [3.63, 3.8) is 0 Å². The second kappa shape index (κ2) is 7.23. The van der Waals surface area contributed by atoms with Crippen molar-refractivity contribution >= 4 is 5.97 Å². The van der Waals surface area contributed by atoms with Gasteiger partial charge in [-0.3, -0.25) is 4.79 Å². The molecule has 0 saturated carbocycles. The number of carbonyl (C=O) groups is 1. The van der Waals surface area contributed by atoms with Gasteiger partial charge in [-0.1, -0.05) is 6.92 Å². The standard InChI is InChI=1S/C15H26O7/c1-5-9(6-12(16)18-4)21-10-7-19-11-8-20-15(2,3)22-14(11)13(10)17/h9-11,13-14,17H,5-8H2,1-4H3. The molecule has 0 aromatic heterocycles. The first-order valence-corrected chi connectivity index (χ1v) is 7.70. The van der Waals surface area contributed by atoms with E-state index in [0.717, 1.165) is 0 Å². The van der Waals surface area contributed by atoms with Crippen molar-refractivity contribution in [3.8, 4) is 0 Å². The predicted octanol–water partition coefficient (Wildman–Crippen LogP) is 0.624. The molecule has 2 heterocycles. The van der Waals surface area contributed by atoms with E-state index in [2.05, 4.69) is 4.74 Å². The van der Waals surface area contributed by atoms with Crippen LogP contribution >= 0.6 is 0 Å². The average Bonchev–Trinajstić information content (AvgIpc) is 2.48. The lowest BCUT2D eigenvalue weighted by atomic mass is 9.98. The third kappa shape index (κ3) is 4.17. The topological polar surface area (TPSA) is 83.5 Å². The summed E-state index contributed by atoms with van der Waals surface area (Å²) in [5.74, 6) is -1.09. The summed E-state index contributed by atoms with van der Waals surface area (Å²) < 4.78 is 27.5. The monoisotopic (exact) mass is 318 g/mol. The van der Waals surface area contributed by atoms with Crippen LogP contribution < -0.4 is 0 Å². The minimum atomic E-state index is -0.825. The van der Waals surface area contributed by atoms with Crippen LogP contribution in [0.15, 0.2) is 0 Å². The van der Waals surface area contributed by atoms with Gasteiger partial charge in [-0.2, -0.15) is 0 Å². The normalized spacial score (nSPS) is 35.5. The maximum atomic E-state index is 11.4. The minimum absolute atomic E-state index is 0.153. The number of carbonyl (C=O) groups excluding carboxylic acids is 1. The first-order chi connectivity index (χ1) is 10.4. The Morgan fingerprint density at radius 2 is 2.14 bits per heavy atom. The van der Waals surface area contributed by atoms with Crippen LogP contribution in [-0.2, 0) is 28.5 Å². The molecule has 2 aliphatic heterocycles. The number of aliphatic hydroxyl groups is 1. The van der Waals surface area contributed by atoms with Gasteiger partial charge < -0.3 is 28.8 Å². The molecule has 2 rings (SSSR count). The number of aliphatic hydroxyl groups excluding tert-OH is 1. The molecule has 0 radical (unpaired) electrons. The van der Waals surface area contributed by atoms with Crippen LogP contribution in [0.2, 0.25) is 0 Å². The van der Waals surface area contributed by atoms with Crippen LogP contribution in [-0.4, -0.2) is 67.7 Å². The maximum absolute atomic E-state index is 11.4. The van der Waals surface area contributed by atoms with Gasteiger partial charge in [-0.05, 0) is 20.3 Å². The fourth-order valence-electron chi connectivity index (χ4n) is 2.70. The number of esters is 1. The molecule has 5 unspecified atom stereocenters. The van der Waals surface area contributed by atoms with Crippen molar-refractivity contribution in [2.45, 2.75) is 69.9 Å². The van der Waals surface area contributed by atoms with E-state index in [0.29, 0.717) is 13.0 Å². The molecule has 0 aliphatic carbocycles. The summed E-state index contributed by atoms with van der Waals surface area (Å²) in [7, 11) is 1.34. The van der Waals surface area contributed by atoms with E-state index in [4.69, 9.17) is 18.9 Å². The van der Waals surface area contributed by atoms with E-state index >= 15 is 0 Å². The van der Waals surface area contributed by atoms with Crippen LogP contribution in [0.3, 0.4) is 0 Å². The zero-order valence-corrected chi connectivity index (χ0v) is 13.6. The van der Waals surface area contributed by atoms with Gasteiger partial charge >= 0.3 is 5.97 Å². The Kier molecular flexibility index (Phi) is 5.79. The van der Waals surface area contributed by atoms with E-state index in [-0.39, 0.29) is 31.2 Å². The summed E-state index contributed by atoms with van der Waals surface area (Å²) in [6, 6.07) is 0. The number of rotatable bonds is 5. The van der Waals surface area contributed by atoms with E-state index in [1.165, 1.54) is 7.11 Å². The molecule has 0 amide bonds. The molecule has 128 valence electrons. The number of hydrogen-bond acceptors (Lipinski definition) is 7. The third-order valence-electron chi connectivity index (χ3n) is 4.02. The van der Waals surface area contributed by atoms with Gasteiger partial charge in [0.15, 0.2) is 5.79 Å². The van der Waals surface area contributed by atoms with Crippen molar-refractivity contribution in [1.82, 2.24) is 0 Å². The average molecular weight is 318 g/mol. The minimum Gasteiger partial charge on any atom is -0.469 e. The van der Waals surface area contributed by atoms with Crippen molar-refractivity contribution in [1.29, 1.82) is 0 Å². The lowest BCUT2D eigenvalue weighted by Crippen LogP contribution is -2.62. The second-order valence-corrected chi connectivity index (χ2v) is 6.14. The van der Waals surface area contributed by atoms with E-state index in [9.17, 15) is 9.90 Å². The summed E-state index contributed by atoms with van der Waals surface area (Å²) >= 11 is 0. The molecule has 2 saturated heterocycles. The van der Waals surface area contributed by atoms with Gasteiger partial charge in [0, 0.05) is 0 Å². The maximum Gasteiger partial charge on any atom is 0.308 e. The van der Waals surface area contributed by atoms with Crippen molar-refractivity contribution in [2.24, 2.45) is 0 Å². The molecule has 1 N–H and O–H groups in total. The van der Waals surface area contributed by atoms with Gasteiger partial charge in [0.2, 0.25) is 0 Å². The van der Waals surface area contributed by atoms with Crippen molar-refractivity contribution < 1.29 is 33.6 Å². The highest BCUT2D eigenvalue weighted by atomic mass is 16.7. The number of fused-ring (bicyclic) bond motifs is 1. The highest BCUT2D eigenvalue weighted by Gasteiger charge is 2.47. The zero-order valence-electron chi connectivity index (χ0n) is 13.6. The van der Waals surface area contributed by atoms with Crippen LogP contribution in [0, 0.1) is 0 Å². The highest BCUT2D eigenvalue weighted by Crippen LogP contribution is 2.31. The van der Waals surface area contributed by atoms with Gasteiger partial charge in [-0.25, -0.2) is 0 Å². The fourth-order valence-corrected chi connectivity index (χ4v) is 2.70. The summed E-state index contributed by atoms with van der Waals surface area (Å²) in [4.78, 5) is 11.4. The van der Waals surface area contributed by atoms with Crippen LogP contribution in [0.4, 0.5) is 0 Å². The van der Waals surface area contributed by atoms with Gasteiger partial charge in [0.25, 0.3) is 0 Å². The molecule has 2 fully saturated rings. The molecule has 0 aromatic carbocycles. The molecule has 2 aliphatic rings. The van der Waals surface area contributed by atoms with Crippen LogP contribution in [0.1, 0.15) is 33.6 Å². The highest BCUT2D eigenvalue weighted by molar-refractivity contribution is 5.69. The lowest BCUT2D eigenvalue weighted by molar-refractivity contribution is -0.350. The first kappa shape index (κ1) is 17.6. The number of hydrogen-bond donors (Lipinski definition) is 1. The van der Waals surface area contributed by atoms with Crippen LogP contribution in [0.25, 0.3) is 0 Å². The molecular weight excluding hydrogens is 292 g/mol. The van der Waals surface area contributed by atoms with E-state index in [1.807, 2.05) is 6.92 Å². The smallest absolute Gasteiger partial charge is 0.308 e. The molecular formula is C15H26O7. The fraction of sp³-hybridized carbons (Fsp3) is 0.933. The summed E-state index contributed by atoms with van der Waals surface area (Å²) in [5, 5.41) is 10.5. The van der Waals surface area contributed by atoms with Crippen LogP contribution in [0.5, 0.6) is 0 Å².